The van der Waals surface area contributed by atoms with Gasteiger partial charge in [0.1, 0.15) is 0 Å². The molecule has 55 heavy (non-hydrogen) atoms. The minimum atomic E-state index is 0.979. The molecule has 0 fully saturated rings. The Bertz CT molecular complexity index is 2660. The zero-order valence-corrected chi connectivity index (χ0v) is 32.3. The first-order chi connectivity index (χ1) is 27.1. The number of thiophene rings is 1. The van der Waals surface area contributed by atoms with Crippen molar-refractivity contribution in [1.82, 2.24) is 0 Å². The fourth-order valence-corrected chi connectivity index (χ4v) is 9.22. The van der Waals surface area contributed by atoms with Gasteiger partial charge in [0.25, 0.3) is 0 Å². The molecule has 1 aliphatic heterocycles. The SMILES string of the molecule is C=C1/C=C\C(c2cccc3c2sc2c(-c4ccccc4)cccc23)=C/N(c2ccc(N(Sc3ccccc3)c3ccccc3)cc2)c2ccccc21.C=CC. The van der Waals surface area contributed by atoms with E-state index in [1.807, 2.05) is 18.3 Å². The van der Waals surface area contributed by atoms with E-state index in [0.29, 0.717) is 0 Å². The molecule has 0 saturated heterocycles. The number of anilines is 4. The van der Waals surface area contributed by atoms with Crippen molar-refractivity contribution < 1.29 is 0 Å². The molecule has 0 N–H and O–H groups in total. The van der Waals surface area contributed by atoms with Gasteiger partial charge in [-0.05, 0) is 95.7 Å². The monoisotopic (exact) mass is 744 g/mol. The number of benzene rings is 7. The average Bonchev–Trinajstić information content (AvgIpc) is 3.63. The van der Waals surface area contributed by atoms with E-state index in [0.717, 1.165) is 39.5 Å². The Morgan fingerprint density at radius 3 is 1.80 bits per heavy atom. The van der Waals surface area contributed by atoms with Crippen molar-refractivity contribution in [1.29, 1.82) is 0 Å². The zero-order chi connectivity index (χ0) is 37.6. The van der Waals surface area contributed by atoms with E-state index in [9.17, 15) is 0 Å². The molecule has 2 heterocycles. The molecule has 0 saturated carbocycles. The number of hydrogen-bond donors (Lipinski definition) is 0. The Morgan fingerprint density at radius 1 is 0.564 bits per heavy atom. The highest BCUT2D eigenvalue weighted by molar-refractivity contribution is 8.01. The maximum Gasteiger partial charge on any atom is 0.0533 e. The van der Waals surface area contributed by atoms with Crippen LogP contribution < -0.4 is 9.21 Å². The van der Waals surface area contributed by atoms with Gasteiger partial charge in [-0.1, -0.05) is 146 Å². The second kappa shape index (κ2) is 16.4. The van der Waals surface area contributed by atoms with Crippen LogP contribution in [-0.4, -0.2) is 0 Å². The zero-order valence-electron chi connectivity index (χ0n) is 30.7. The third-order valence-electron chi connectivity index (χ3n) is 9.45. The van der Waals surface area contributed by atoms with Crippen LogP contribution in [0.5, 0.6) is 0 Å². The number of para-hydroxylation sites is 2. The fourth-order valence-electron chi connectivity index (χ4n) is 6.91. The van der Waals surface area contributed by atoms with Gasteiger partial charge in [0.2, 0.25) is 0 Å². The summed E-state index contributed by atoms with van der Waals surface area (Å²) in [5.74, 6) is 0. The fraction of sp³-hybridized carbons (Fsp3) is 0.0196. The second-order valence-corrected chi connectivity index (χ2v) is 15.2. The van der Waals surface area contributed by atoms with Gasteiger partial charge >= 0.3 is 0 Å². The van der Waals surface area contributed by atoms with Gasteiger partial charge < -0.3 is 4.90 Å². The van der Waals surface area contributed by atoms with Crippen molar-refractivity contribution in [2.24, 2.45) is 0 Å². The summed E-state index contributed by atoms with van der Waals surface area (Å²) in [7, 11) is 0. The number of hydrogen-bond acceptors (Lipinski definition) is 4. The third-order valence-corrected chi connectivity index (χ3v) is 11.8. The minimum absolute atomic E-state index is 0.979. The summed E-state index contributed by atoms with van der Waals surface area (Å²) in [6.07, 6.45) is 8.43. The van der Waals surface area contributed by atoms with Crippen molar-refractivity contribution >= 4 is 77.4 Å². The Hall–Kier alpha value is -6.33. The molecule has 0 radical (unpaired) electrons. The van der Waals surface area contributed by atoms with Crippen LogP contribution in [0.4, 0.5) is 22.7 Å². The van der Waals surface area contributed by atoms with Crippen LogP contribution in [0.15, 0.2) is 218 Å². The molecule has 4 heteroatoms. The molecule has 8 aromatic rings. The predicted octanol–water partition coefficient (Wildman–Crippen LogP) is 15.5. The van der Waals surface area contributed by atoms with Crippen LogP contribution in [0.3, 0.4) is 0 Å². The Kier molecular flexibility index (Phi) is 10.6. The molecular formula is C51H40N2S2. The molecule has 2 nitrogen and oxygen atoms in total. The second-order valence-electron chi connectivity index (χ2n) is 13.1. The molecule has 9 rings (SSSR count). The Morgan fingerprint density at radius 2 is 1.11 bits per heavy atom. The average molecular weight is 745 g/mol. The lowest BCUT2D eigenvalue weighted by Gasteiger charge is -2.28. The molecule has 266 valence electrons. The topological polar surface area (TPSA) is 6.48 Å². The lowest BCUT2D eigenvalue weighted by molar-refractivity contribution is 1.27. The molecule has 0 unspecified atom stereocenters. The van der Waals surface area contributed by atoms with Gasteiger partial charge in [0, 0.05) is 48.1 Å². The minimum Gasteiger partial charge on any atom is -0.316 e. The van der Waals surface area contributed by atoms with Gasteiger partial charge in [0.15, 0.2) is 0 Å². The van der Waals surface area contributed by atoms with Gasteiger partial charge in [-0.3, -0.25) is 4.31 Å². The molecule has 0 atom stereocenters. The standard InChI is InChI=1S/C48H34N2S2.C3H6/c1-34-27-28-36(43-23-14-25-45-44-24-13-22-42(47(44)51-48(43)45)35-15-5-2-6-16-35)33-49(46-26-12-11-21-41(34)46)37-29-31-39(32-30-37)50(38-17-7-3-8-18-38)52-40-19-9-4-10-20-40;1-3-2/h2-33H,1H2;3H,1H2,2H3/b28-27-,36-33+;. The normalized spacial score (nSPS) is 13.8. The molecule has 0 amide bonds. The van der Waals surface area contributed by atoms with E-state index in [2.05, 4.69) is 217 Å². The van der Waals surface area contributed by atoms with Crippen molar-refractivity contribution in [2.75, 3.05) is 9.21 Å². The number of rotatable bonds is 7. The van der Waals surface area contributed by atoms with Crippen LogP contribution in [-0.2, 0) is 0 Å². The molecule has 0 spiro atoms. The highest BCUT2D eigenvalue weighted by Gasteiger charge is 2.20. The summed E-state index contributed by atoms with van der Waals surface area (Å²) in [6.45, 7) is 9.77. The van der Waals surface area contributed by atoms with Crippen LogP contribution >= 0.6 is 23.3 Å². The summed E-state index contributed by atoms with van der Waals surface area (Å²) < 4.78 is 4.88. The lowest BCUT2D eigenvalue weighted by atomic mass is 9.97. The first-order valence-electron chi connectivity index (χ1n) is 18.4. The molecular weight excluding hydrogens is 705 g/mol. The summed E-state index contributed by atoms with van der Waals surface area (Å²) in [6, 6.07) is 62.6. The number of nitrogens with zero attached hydrogens (tertiary/aromatic N) is 2. The van der Waals surface area contributed by atoms with E-state index in [1.165, 1.54) is 41.8 Å². The van der Waals surface area contributed by atoms with Crippen LogP contribution in [0, 0.1) is 0 Å². The summed E-state index contributed by atoms with van der Waals surface area (Å²) in [4.78, 5) is 3.50. The van der Waals surface area contributed by atoms with Gasteiger partial charge in [-0.15, -0.1) is 17.9 Å². The summed E-state index contributed by atoms with van der Waals surface area (Å²) in [5, 5.41) is 2.57. The van der Waals surface area contributed by atoms with Crippen LogP contribution in [0.1, 0.15) is 18.1 Å². The third kappa shape index (κ3) is 7.43. The maximum atomic E-state index is 4.52. The maximum absolute atomic E-state index is 4.52. The molecule has 0 bridgehead atoms. The Labute approximate surface area is 332 Å². The smallest absolute Gasteiger partial charge is 0.0533 e. The highest BCUT2D eigenvalue weighted by atomic mass is 32.2. The summed E-state index contributed by atoms with van der Waals surface area (Å²) >= 11 is 3.60. The molecule has 1 aliphatic rings. The highest BCUT2D eigenvalue weighted by Crippen LogP contribution is 2.45. The lowest BCUT2D eigenvalue weighted by Crippen LogP contribution is -2.13. The number of allylic oxidation sites excluding steroid dienone is 5. The van der Waals surface area contributed by atoms with Gasteiger partial charge in [-0.25, -0.2) is 0 Å². The van der Waals surface area contributed by atoms with Crippen molar-refractivity contribution in [2.45, 2.75) is 11.8 Å². The number of fused-ring (bicyclic) bond motifs is 4. The van der Waals surface area contributed by atoms with E-state index in [-0.39, 0.29) is 0 Å². The van der Waals surface area contributed by atoms with E-state index in [1.54, 1.807) is 18.0 Å². The van der Waals surface area contributed by atoms with Gasteiger partial charge in [-0.2, -0.15) is 0 Å². The van der Waals surface area contributed by atoms with Crippen molar-refractivity contribution in [3.8, 4) is 11.1 Å². The quantitative estimate of drug-likeness (QED) is 0.119. The van der Waals surface area contributed by atoms with Crippen LogP contribution in [0.2, 0.25) is 0 Å². The van der Waals surface area contributed by atoms with Crippen LogP contribution in [0.25, 0.3) is 42.4 Å². The van der Waals surface area contributed by atoms with Crippen molar-refractivity contribution in [3.63, 3.8) is 0 Å². The van der Waals surface area contributed by atoms with Crippen molar-refractivity contribution in [3.05, 3.63) is 225 Å². The Balaban J connectivity index is 0.00000138. The molecule has 1 aromatic heterocycles. The molecule has 0 aliphatic carbocycles. The predicted molar refractivity (Wildman–Crippen MR) is 243 cm³/mol. The largest absolute Gasteiger partial charge is 0.316 e. The van der Waals surface area contributed by atoms with E-state index >= 15 is 0 Å². The first kappa shape index (κ1) is 35.7. The van der Waals surface area contributed by atoms with E-state index < -0.39 is 0 Å². The molecule has 7 aromatic carbocycles. The summed E-state index contributed by atoms with van der Waals surface area (Å²) in [5.41, 5.74) is 11.3. The first-order valence-corrected chi connectivity index (χ1v) is 19.9. The van der Waals surface area contributed by atoms with Gasteiger partial charge in [0.05, 0.1) is 17.1 Å². The van der Waals surface area contributed by atoms with E-state index in [4.69, 9.17) is 0 Å².